The molecule has 5 heterocycles. The van der Waals surface area contributed by atoms with E-state index in [9.17, 15) is 0 Å². The molecule has 1 aliphatic rings. The predicted molar refractivity (Wildman–Crippen MR) is 616 cm³/mol. The summed E-state index contributed by atoms with van der Waals surface area (Å²) in [6.07, 6.45) is 12.8. The fourth-order valence-corrected chi connectivity index (χ4v) is 21.9. The molecule has 0 saturated heterocycles. The van der Waals surface area contributed by atoms with Crippen molar-refractivity contribution in [3.05, 3.63) is 520 Å². The SMILES string of the molecule is C1=c2c(-c3ccc4ccccc4c3)c3ccc(-c4ccc(-c5cnc6ccccc6c5)nc4)cc3c(-c3ccc4ccccc4c3)c2=CCC1.c1ccc(-n2c(-c3ccc(-c4ccc5c(-c6ccc7ccccc7c6)c6ccccc6c(-c6ccc7ccccc7c6)c5c4)cc3)nc3ccccc32)cc1.c1ccc2cc(-c3nc(-c4ccc(-c5cccc6cccnc56)cc4)nc(-c4ccc5ccccc5c4)n3)ccc2c1. The Morgan fingerprint density at radius 1 is 0.190 bits per heavy atom. The van der Waals surface area contributed by atoms with Gasteiger partial charge in [-0.25, -0.2) is 19.9 Å². The summed E-state index contributed by atoms with van der Waals surface area (Å²) in [7, 11) is 0. The minimum Gasteiger partial charge on any atom is -0.292 e. The van der Waals surface area contributed by atoms with Crippen LogP contribution in [0.5, 0.6) is 0 Å². The highest BCUT2D eigenvalue weighted by Crippen LogP contribution is 2.48. The lowest BCUT2D eigenvalue weighted by Gasteiger charge is -2.19. The normalized spacial score (nSPS) is 11.9. The van der Waals surface area contributed by atoms with E-state index < -0.39 is 0 Å². The maximum Gasteiger partial charge on any atom is 0.164 e. The molecule has 5 aromatic heterocycles. The van der Waals surface area contributed by atoms with E-state index in [4.69, 9.17) is 24.9 Å². The molecule has 0 atom stereocenters. The van der Waals surface area contributed by atoms with Crippen LogP contribution < -0.4 is 10.4 Å². The summed E-state index contributed by atoms with van der Waals surface area (Å²) in [6.45, 7) is 0. The Kier molecular flexibility index (Phi) is 22.0. The number of imidazole rings is 1. The molecule has 29 rings (SSSR count). The summed E-state index contributed by atoms with van der Waals surface area (Å²) in [6, 6.07) is 176. The number of pyridine rings is 3. The van der Waals surface area contributed by atoms with Crippen LogP contribution in [-0.4, -0.2) is 39.5 Å². The summed E-state index contributed by atoms with van der Waals surface area (Å²) in [5, 5.41) is 27.1. The molecule has 0 amide bonds. The molecule has 1 aliphatic carbocycles. The standard InChI is InChI=1S/C53H34N2.C48H32N2.C38H24N4/c1-2-16-44(17-3-1)55-50-21-11-10-20-49(50)54-53(55)38-26-22-37(23-27-38)41-30-31-47-48(34-41)52(43-29-25-36-13-5-7-15-40(36)33-43)46-19-9-8-18-45(46)51(47)42-28-24-35-12-4-6-14-39(35)32-42;1-3-11-33-25-37(19-17-31(33)9-1)47-41-14-6-7-15-42(41)48(38-20-18-32-10-2-4-12-34(32)26-38)44-28-35(21-23-43(44)47)39-22-24-46(49-29-39)40-27-36-13-5-8-16-45(36)50-30-40;1-3-9-30-23-32(20-14-25(30)7-1)37-40-36(41-38(42-37)33-21-15-26-8-2-4-10-31(26)24-33)29-18-16-27(17-19-29)34-13-5-11-28-12-6-22-39-35(28)34/h1-34H;1-5,8-30H,6-7H2;1-24H. The quantitative estimate of drug-likeness (QED) is 0.106. The molecule has 686 valence electrons. The second-order valence-corrected chi connectivity index (χ2v) is 38.0. The summed E-state index contributed by atoms with van der Waals surface area (Å²) >= 11 is 0. The minimum absolute atomic E-state index is 0.638. The van der Waals surface area contributed by atoms with Crippen LogP contribution in [0, 0.1) is 0 Å². The van der Waals surface area contributed by atoms with Crippen LogP contribution in [0.4, 0.5) is 0 Å². The van der Waals surface area contributed by atoms with E-state index in [1.807, 2.05) is 36.8 Å². The van der Waals surface area contributed by atoms with Gasteiger partial charge in [0.2, 0.25) is 0 Å². The van der Waals surface area contributed by atoms with Gasteiger partial charge in [0.15, 0.2) is 17.5 Å². The molecule has 0 bridgehead atoms. The van der Waals surface area contributed by atoms with Crippen molar-refractivity contribution >= 4 is 142 Å². The maximum atomic E-state index is 5.12. The largest absolute Gasteiger partial charge is 0.292 e. The molecule has 28 aromatic rings. The van der Waals surface area contributed by atoms with E-state index >= 15 is 0 Å². The zero-order valence-electron chi connectivity index (χ0n) is 80.1. The van der Waals surface area contributed by atoms with E-state index in [1.165, 1.54) is 147 Å². The number of rotatable bonds is 13. The van der Waals surface area contributed by atoms with Gasteiger partial charge in [0.1, 0.15) is 5.82 Å². The first kappa shape index (κ1) is 86.7. The number of fused-ring (bicyclic) bond motifs is 13. The van der Waals surface area contributed by atoms with Crippen molar-refractivity contribution in [3.8, 4) is 140 Å². The summed E-state index contributed by atoms with van der Waals surface area (Å²) in [4.78, 5) is 34.3. The van der Waals surface area contributed by atoms with Gasteiger partial charge in [-0.2, -0.15) is 0 Å². The van der Waals surface area contributed by atoms with Gasteiger partial charge >= 0.3 is 0 Å². The van der Waals surface area contributed by atoms with Gasteiger partial charge in [-0.05, 0) is 284 Å². The molecule has 0 saturated carbocycles. The van der Waals surface area contributed by atoms with Crippen LogP contribution >= 0.6 is 0 Å². The third-order valence-electron chi connectivity index (χ3n) is 29.2. The lowest BCUT2D eigenvalue weighted by Crippen LogP contribution is -2.31. The van der Waals surface area contributed by atoms with Gasteiger partial charge in [-0.1, -0.05) is 406 Å². The fraction of sp³-hybridized carbons (Fsp3) is 0.0144. The van der Waals surface area contributed by atoms with Crippen LogP contribution in [0.1, 0.15) is 12.8 Å². The van der Waals surface area contributed by atoms with E-state index in [0.29, 0.717) is 17.5 Å². The first-order valence-corrected chi connectivity index (χ1v) is 50.2. The van der Waals surface area contributed by atoms with Gasteiger partial charge in [-0.3, -0.25) is 19.5 Å². The predicted octanol–water partition coefficient (Wildman–Crippen LogP) is 34.8. The van der Waals surface area contributed by atoms with Gasteiger partial charge in [0, 0.05) is 74.0 Å². The van der Waals surface area contributed by atoms with Crippen molar-refractivity contribution < 1.29 is 0 Å². The summed E-state index contributed by atoms with van der Waals surface area (Å²) in [5.74, 6) is 2.87. The Bertz CT molecular complexity index is 10200. The zero-order valence-corrected chi connectivity index (χ0v) is 80.1. The van der Waals surface area contributed by atoms with Crippen LogP contribution in [0.25, 0.3) is 282 Å². The topological polar surface area (TPSA) is 95.2 Å². The lowest BCUT2D eigenvalue weighted by molar-refractivity contribution is 1.08. The highest BCUT2D eigenvalue weighted by Gasteiger charge is 2.24. The number of benzene rings is 23. The van der Waals surface area contributed by atoms with Crippen LogP contribution in [0.3, 0.4) is 0 Å². The minimum atomic E-state index is 0.638. The van der Waals surface area contributed by atoms with Crippen molar-refractivity contribution in [2.75, 3.05) is 0 Å². The molecular weight excluding hydrogens is 1780 g/mol. The van der Waals surface area contributed by atoms with Crippen molar-refractivity contribution in [2.45, 2.75) is 12.8 Å². The zero-order chi connectivity index (χ0) is 97.2. The van der Waals surface area contributed by atoms with E-state index in [2.05, 4.69) is 500 Å². The van der Waals surface area contributed by atoms with E-state index in [0.717, 1.165) is 129 Å². The number of aromatic nitrogens is 8. The molecule has 0 aliphatic heterocycles. The third-order valence-corrected chi connectivity index (χ3v) is 29.2. The first-order valence-electron chi connectivity index (χ1n) is 50.2. The Morgan fingerprint density at radius 2 is 0.551 bits per heavy atom. The Hall–Kier alpha value is -19.4. The lowest BCUT2D eigenvalue weighted by atomic mass is 9.84. The molecule has 0 N–H and O–H groups in total. The highest BCUT2D eigenvalue weighted by molar-refractivity contribution is 6.23. The van der Waals surface area contributed by atoms with Crippen LogP contribution in [0.15, 0.2) is 510 Å². The number of nitrogens with zero attached hydrogens (tertiary/aromatic N) is 8. The highest BCUT2D eigenvalue weighted by atomic mass is 15.1. The molecule has 8 heteroatoms. The molecule has 147 heavy (non-hydrogen) atoms. The Balaban J connectivity index is 0.000000110. The van der Waals surface area contributed by atoms with Crippen molar-refractivity contribution in [1.82, 2.24) is 39.5 Å². The number of para-hydroxylation sites is 5. The summed E-state index contributed by atoms with van der Waals surface area (Å²) < 4.78 is 2.26. The van der Waals surface area contributed by atoms with Gasteiger partial charge in [0.05, 0.1) is 27.8 Å². The average molecular weight is 1870 g/mol. The molecule has 8 nitrogen and oxygen atoms in total. The monoisotopic (exact) mass is 1870 g/mol. The van der Waals surface area contributed by atoms with E-state index in [1.54, 1.807) is 0 Å². The number of hydrogen-bond acceptors (Lipinski definition) is 7. The molecule has 0 spiro atoms. The van der Waals surface area contributed by atoms with Crippen molar-refractivity contribution in [3.63, 3.8) is 0 Å². The molecule has 0 fully saturated rings. The van der Waals surface area contributed by atoms with Gasteiger partial charge < -0.3 is 0 Å². The van der Waals surface area contributed by atoms with E-state index in [-0.39, 0.29) is 0 Å². The Morgan fingerprint density at radius 3 is 1.08 bits per heavy atom. The molecule has 0 radical (unpaired) electrons. The van der Waals surface area contributed by atoms with Gasteiger partial charge in [-0.15, -0.1) is 0 Å². The van der Waals surface area contributed by atoms with Gasteiger partial charge in [0.25, 0.3) is 0 Å². The van der Waals surface area contributed by atoms with Crippen molar-refractivity contribution in [2.24, 2.45) is 0 Å². The molecule has 23 aromatic carbocycles. The number of hydrogen-bond donors (Lipinski definition) is 0. The average Bonchev–Trinajstić information content (AvgIpc) is 1.59. The second-order valence-electron chi connectivity index (χ2n) is 38.0. The van der Waals surface area contributed by atoms with Crippen molar-refractivity contribution in [1.29, 1.82) is 0 Å². The Labute approximate surface area is 849 Å². The van der Waals surface area contributed by atoms with Crippen LogP contribution in [-0.2, 0) is 0 Å². The molecule has 0 unspecified atom stereocenters. The second kappa shape index (κ2) is 37.2. The van der Waals surface area contributed by atoms with Crippen LogP contribution in [0.2, 0.25) is 0 Å². The first-order chi connectivity index (χ1) is 72.8. The third kappa shape index (κ3) is 16.4. The summed E-state index contributed by atoms with van der Waals surface area (Å²) in [5.41, 5.74) is 27.9. The fourth-order valence-electron chi connectivity index (χ4n) is 21.9. The smallest absolute Gasteiger partial charge is 0.164 e. The maximum absolute atomic E-state index is 5.12. The molecular formula is C139H90N8.